The minimum atomic E-state index is 0.882. The zero-order chi connectivity index (χ0) is 11.4. The topological polar surface area (TPSA) is 29.6 Å². The summed E-state index contributed by atoms with van der Waals surface area (Å²) in [6.45, 7) is 3.87. The highest BCUT2D eigenvalue weighted by molar-refractivity contribution is 7.07. The van der Waals surface area contributed by atoms with Crippen molar-refractivity contribution >= 4 is 17.0 Å². The van der Waals surface area contributed by atoms with Crippen LogP contribution in [0, 0.1) is 0 Å². The average molecular weight is 231 g/mol. The fourth-order valence-corrected chi connectivity index (χ4v) is 1.94. The lowest BCUT2D eigenvalue weighted by Crippen LogP contribution is -2.10. The minimum Gasteiger partial charge on any atom is -0.291 e. The zero-order valence-corrected chi connectivity index (χ0v) is 10.1. The molecule has 0 aliphatic rings. The van der Waals surface area contributed by atoms with Crippen LogP contribution in [0.1, 0.15) is 13.8 Å². The van der Waals surface area contributed by atoms with E-state index in [4.69, 9.17) is 0 Å². The van der Waals surface area contributed by atoms with E-state index in [9.17, 15) is 0 Å². The second-order valence-electron chi connectivity index (χ2n) is 3.54. The summed E-state index contributed by atoms with van der Waals surface area (Å²) in [5, 5.41) is 10.3. The van der Waals surface area contributed by atoms with Crippen LogP contribution in [-0.2, 0) is 0 Å². The van der Waals surface area contributed by atoms with Crippen molar-refractivity contribution in [1.82, 2.24) is 4.57 Å². The van der Waals surface area contributed by atoms with Crippen LogP contribution in [0.15, 0.2) is 52.1 Å². The monoisotopic (exact) mass is 231 g/mol. The van der Waals surface area contributed by atoms with Crippen molar-refractivity contribution in [3.05, 3.63) is 46.7 Å². The van der Waals surface area contributed by atoms with E-state index in [0.29, 0.717) is 0 Å². The molecule has 0 radical (unpaired) electrons. The Labute approximate surface area is 98.4 Å². The van der Waals surface area contributed by atoms with Crippen molar-refractivity contribution in [1.29, 1.82) is 0 Å². The maximum atomic E-state index is 4.21. The molecule has 0 atom stereocenters. The number of nitrogens with zero attached hydrogens (tertiary/aromatic N) is 3. The molecule has 1 aromatic heterocycles. The number of thiazole rings is 1. The minimum absolute atomic E-state index is 0.882. The predicted molar refractivity (Wildman–Crippen MR) is 68.0 cm³/mol. The molecule has 1 aromatic carbocycles. The molecule has 0 bridgehead atoms. The van der Waals surface area contributed by atoms with Crippen LogP contribution >= 0.6 is 11.3 Å². The first kappa shape index (κ1) is 10.8. The standard InChI is InChI=1S/C12H13N3S/c1-10(2)13-14-12-15(8-9-16-12)11-6-4-3-5-7-11/h3-9H,1-2H3. The Hall–Kier alpha value is -1.68. The maximum absolute atomic E-state index is 4.21. The highest BCUT2D eigenvalue weighted by Gasteiger charge is 1.96. The average Bonchev–Trinajstić information content (AvgIpc) is 2.75. The van der Waals surface area contributed by atoms with Crippen molar-refractivity contribution in [3.8, 4) is 5.69 Å². The van der Waals surface area contributed by atoms with E-state index in [1.807, 2.05) is 60.3 Å². The lowest BCUT2D eigenvalue weighted by atomic mass is 10.3. The molecule has 4 heteroatoms. The first-order valence-corrected chi connectivity index (χ1v) is 5.92. The maximum Gasteiger partial charge on any atom is 0.215 e. The second-order valence-corrected chi connectivity index (χ2v) is 4.41. The van der Waals surface area contributed by atoms with Gasteiger partial charge in [-0.15, -0.1) is 16.4 Å². The van der Waals surface area contributed by atoms with Gasteiger partial charge in [0.25, 0.3) is 0 Å². The molecule has 0 saturated heterocycles. The van der Waals surface area contributed by atoms with Crippen molar-refractivity contribution in [2.45, 2.75) is 13.8 Å². The molecule has 0 aliphatic heterocycles. The van der Waals surface area contributed by atoms with E-state index in [1.54, 1.807) is 11.3 Å². The Kier molecular flexibility index (Phi) is 3.31. The van der Waals surface area contributed by atoms with Gasteiger partial charge in [0, 0.05) is 23.0 Å². The summed E-state index contributed by atoms with van der Waals surface area (Å²) in [7, 11) is 0. The third-order valence-corrected chi connectivity index (χ3v) is 2.71. The van der Waals surface area contributed by atoms with Crippen molar-refractivity contribution < 1.29 is 0 Å². The van der Waals surface area contributed by atoms with Crippen molar-refractivity contribution in [2.75, 3.05) is 0 Å². The van der Waals surface area contributed by atoms with Crippen LogP contribution in [0.3, 0.4) is 0 Å². The van der Waals surface area contributed by atoms with E-state index in [0.717, 1.165) is 16.2 Å². The molecule has 3 nitrogen and oxygen atoms in total. The van der Waals surface area contributed by atoms with Gasteiger partial charge in [0.05, 0.1) is 0 Å². The first-order valence-electron chi connectivity index (χ1n) is 5.04. The smallest absolute Gasteiger partial charge is 0.215 e. The SMILES string of the molecule is CC(C)=NN=c1sccn1-c1ccccc1. The normalized spacial score (nSPS) is 11.5. The van der Waals surface area contributed by atoms with Crippen LogP contribution in [0.4, 0.5) is 0 Å². The fraction of sp³-hybridized carbons (Fsp3) is 0.167. The van der Waals surface area contributed by atoms with Crippen LogP contribution in [0.2, 0.25) is 0 Å². The summed E-state index contributed by atoms with van der Waals surface area (Å²) in [6.07, 6.45) is 2.00. The highest BCUT2D eigenvalue weighted by Crippen LogP contribution is 2.05. The van der Waals surface area contributed by atoms with E-state index in [2.05, 4.69) is 10.2 Å². The molecule has 0 saturated carbocycles. The van der Waals surface area contributed by atoms with Gasteiger partial charge in [-0.2, -0.15) is 5.10 Å². The third-order valence-electron chi connectivity index (χ3n) is 1.96. The number of para-hydroxylation sites is 1. The number of aromatic nitrogens is 1. The summed E-state index contributed by atoms with van der Waals surface area (Å²) in [5.74, 6) is 0. The van der Waals surface area contributed by atoms with Gasteiger partial charge in [-0.1, -0.05) is 18.2 Å². The predicted octanol–water partition coefficient (Wildman–Crippen LogP) is 2.84. The summed E-state index contributed by atoms with van der Waals surface area (Å²) in [6, 6.07) is 10.1. The molecular weight excluding hydrogens is 218 g/mol. The van der Waals surface area contributed by atoms with Crippen molar-refractivity contribution in [2.24, 2.45) is 10.2 Å². The molecule has 0 N–H and O–H groups in total. The first-order chi connectivity index (χ1) is 7.77. The molecule has 1 heterocycles. The number of rotatable bonds is 2. The molecule has 2 aromatic rings. The van der Waals surface area contributed by atoms with Gasteiger partial charge in [0.1, 0.15) is 0 Å². The summed E-state index contributed by atoms with van der Waals surface area (Å²) >= 11 is 1.58. The van der Waals surface area contributed by atoms with Crippen molar-refractivity contribution in [3.63, 3.8) is 0 Å². The van der Waals surface area contributed by atoms with Crippen LogP contribution in [0.5, 0.6) is 0 Å². The third kappa shape index (κ3) is 2.46. The Morgan fingerprint density at radius 1 is 1.19 bits per heavy atom. The molecule has 0 aliphatic carbocycles. The summed E-state index contributed by atoms with van der Waals surface area (Å²) < 4.78 is 2.02. The molecular formula is C12H13N3S. The lowest BCUT2D eigenvalue weighted by Gasteiger charge is -2.00. The largest absolute Gasteiger partial charge is 0.291 e. The van der Waals surface area contributed by atoms with Gasteiger partial charge >= 0.3 is 0 Å². The Balaban J connectivity index is 2.49. The molecule has 0 spiro atoms. The Morgan fingerprint density at radius 3 is 2.62 bits per heavy atom. The molecule has 0 amide bonds. The number of hydrogen-bond donors (Lipinski definition) is 0. The number of benzene rings is 1. The van der Waals surface area contributed by atoms with E-state index in [1.165, 1.54) is 0 Å². The molecule has 0 fully saturated rings. The second kappa shape index (κ2) is 4.90. The quantitative estimate of drug-likeness (QED) is 0.562. The van der Waals surface area contributed by atoms with Gasteiger partial charge in [-0.25, -0.2) is 0 Å². The summed E-state index contributed by atoms with van der Waals surface area (Å²) in [5.41, 5.74) is 2.06. The number of hydrogen-bond acceptors (Lipinski definition) is 3. The van der Waals surface area contributed by atoms with Gasteiger partial charge in [-0.3, -0.25) is 4.57 Å². The van der Waals surface area contributed by atoms with Gasteiger partial charge < -0.3 is 0 Å². The zero-order valence-electron chi connectivity index (χ0n) is 9.29. The Morgan fingerprint density at radius 2 is 1.94 bits per heavy atom. The molecule has 16 heavy (non-hydrogen) atoms. The lowest BCUT2D eigenvalue weighted by molar-refractivity contribution is 0.963. The van der Waals surface area contributed by atoms with Gasteiger partial charge in [0.15, 0.2) is 0 Å². The highest BCUT2D eigenvalue weighted by atomic mass is 32.1. The van der Waals surface area contributed by atoms with Crippen LogP contribution in [-0.4, -0.2) is 10.3 Å². The van der Waals surface area contributed by atoms with E-state index >= 15 is 0 Å². The van der Waals surface area contributed by atoms with Gasteiger partial charge in [0.2, 0.25) is 4.80 Å². The fourth-order valence-electron chi connectivity index (χ4n) is 1.27. The van der Waals surface area contributed by atoms with Gasteiger partial charge in [-0.05, 0) is 26.0 Å². The summed E-state index contributed by atoms with van der Waals surface area (Å²) in [4.78, 5) is 0.882. The molecule has 0 unspecified atom stereocenters. The van der Waals surface area contributed by atoms with E-state index in [-0.39, 0.29) is 0 Å². The van der Waals surface area contributed by atoms with Crippen LogP contribution < -0.4 is 4.80 Å². The van der Waals surface area contributed by atoms with E-state index < -0.39 is 0 Å². The molecule has 82 valence electrons. The Bertz CT molecular complexity index is 545. The van der Waals surface area contributed by atoms with Crippen LogP contribution in [0.25, 0.3) is 5.69 Å². The molecule has 2 rings (SSSR count).